The fraction of sp³-hybridized carbons (Fsp3) is 0.250. The molecule has 0 aromatic carbocycles. The SMILES string of the molecule is Cc1c(C(=O)O)cc(C(F)F)[nH]c1=O. The number of nitrogens with one attached hydrogen (secondary N) is 1. The number of pyridine rings is 1. The van der Waals surface area contributed by atoms with Gasteiger partial charge in [0.25, 0.3) is 12.0 Å². The molecule has 0 amide bonds. The van der Waals surface area contributed by atoms with Gasteiger partial charge >= 0.3 is 5.97 Å². The van der Waals surface area contributed by atoms with Gasteiger partial charge in [-0.2, -0.15) is 0 Å². The maximum atomic E-state index is 12.2. The number of H-pyrrole nitrogens is 1. The standard InChI is InChI=1S/C8H7F2NO3/c1-3-4(8(13)14)2-5(6(9)10)11-7(3)12/h2,6H,1H3,(H,11,12)(H,13,14). The van der Waals surface area contributed by atoms with Crippen LogP contribution < -0.4 is 5.56 Å². The number of carbonyl (C=O) groups is 1. The summed E-state index contributed by atoms with van der Waals surface area (Å²) < 4.78 is 24.3. The molecule has 0 aliphatic heterocycles. The Labute approximate surface area is 77.2 Å². The topological polar surface area (TPSA) is 70.2 Å². The van der Waals surface area contributed by atoms with Gasteiger partial charge in [-0.05, 0) is 13.0 Å². The van der Waals surface area contributed by atoms with Gasteiger partial charge in [0.1, 0.15) is 0 Å². The molecule has 0 saturated carbocycles. The zero-order valence-electron chi connectivity index (χ0n) is 7.17. The lowest BCUT2D eigenvalue weighted by atomic mass is 10.1. The Morgan fingerprint density at radius 3 is 2.57 bits per heavy atom. The van der Waals surface area contributed by atoms with Gasteiger partial charge in [-0.1, -0.05) is 0 Å². The lowest BCUT2D eigenvalue weighted by Gasteiger charge is -2.03. The third-order valence-corrected chi connectivity index (χ3v) is 1.77. The first-order valence-electron chi connectivity index (χ1n) is 3.68. The number of aromatic nitrogens is 1. The molecule has 0 bridgehead atoms. The minimum atomic E-state index is -2.89. The molecule has 0 aliphatic rings. The van der Waals surface area contributed by atoms with Crippen molar-refractivity contribution in [2.45, 2.75) is 13.3 Å². The summed E-state index contributed by atoms with van der Waals surface area (Å²) in [6.07, 6.45) is -2.89. The lowest BCUT2D eigenvalue weighted by Crippen LogP contribution is -2.17. The van der Waals surface area contributed by atoms with Crippen LogP contribution in [0.25, 0.3) is 0 Å². The van der Waals surface area contributed by atoms with Gasteiger partial charge in [0.2, 0.25) is 0 Å². The van der Waals surface area contributed by atoms with E-state index in [1.807, 2.05) is 4.98 Å². The molecule has 1 aromatic heterocycles. The summed E-state index contributed by atoms with van der Waals surface area (Å²) in [7, 11) is 0. The van der Waals surface area contributed by atoms with Gasteiger partial charge in [-0.25, -0.2) is 13.6 Å². The predicted octanol–water partition coefficient (Wildman–Crippen LogP) is 1.32. The minimum Gasteiger partial charge on any atom is -0.478 e. The number of carboxylic acid groups (broad SMARTS) is 1. The van der Waals surface area contributed by atoms with E-state index in [0.717, 1.165) is 6.07 Å². The maximum Gasteiger partial charge on any atom is 0.336 e. The molecular formula is C8H7F2NO3. The average Bonchev–Trinajstić information content (AvgIpc) is 2.08. The van der Waals surface area contributed by atoms with E-state index in [1.54, 1.807) is 0 Å². The van der Waals surface area contributed by atoms with Crippen molar-refractivity contribution in [3.63, 3.8) is 0 Å². The van der Waals surface area contributed by atoms with Crippen LogP contribution in [0, 0.1) is 6.92 Å². The summed E-state index contributed by atoms with van der Waals surface area (Å²) in [6.45, 7) is 1.26. The molecule has 1 rings (SSSR count). The van der Waals surface area contributed by atoms with Crippen molar-refractivity contribution < 1.29 is 18.7 Å². The van der Waals surface area contributed by atoms with E-state index in [1.165, 1.54) is 6.92 Å². The number of carboxylic acids is 1. The van der Waals surface area contributed by atoms with Gasteiger partial charge in [0, 0.05) is 5.56 Å². The third-order valence-electron chi connectivity index (χ3n) is 1.77. The second-order valence-electron chi connectivity index (χ2n) is 2.70. The number of aromatic carboxylic acids is 1. The molecule has 4 nitrogen and oxygen atoms in total. The van der Waals surface area contributed by atoms with Crippen LogP contribution in [0.3, 0.4) is 0 Å². The lowest BCUT2D eigenvalue weighted by molar-refractivity contribution is 0.0695. The van der Waals surface area contributed by atoms with Crippen LogP contribution in [0.15, 0.2) is 10.9 Å². The van der Waals surface area contributed by atoms with E-state index in [-0.39, 0.29) is 5.56 Å². The normalized spacial score (nSPS) is 10.6. The fourth-order valence-corrected chi connectivity index (χ4v) is 0.987. The zero-order chi connectivity index (χ0) is 10.9. The number of alkyl halides is 2. The average molecular weight is 203 g/mol. The second-order valence-corrected chi connectivity index (χ2v) is 2.70. The summed E-state index contributed by atoms with van der Waals surface area (Å²) >= 11 is 0. The van der Waals surface area contributed by atoms with Crippen molar-refractivity contribution in [1.29, 1.82) is 0 Å². The van der Waals surface area contributed by atoms with Crippen molar-refractivity contribution in [1.82, 2.24) is 4.98 Å². The number of aromatic amines is 1. The molecule has 76 valence electrons. The number of halogens is 2. The largest absolute Gasteiger partial charge is 0.478 e. The summed E-state index contributed by atoms with van der Waals surface area (Å²) in [4.78, 5) is 23.5. The first kappa shape index (κ1) is 10.4. The number of hydrogen-bond acceptors (Lipinski definition) is 2. The number of hydrogen-bond donors (Lipinski definition) is 2. The summed E-state index contributed by atoms with van der Waals surface area (Å²) in [5, 5.41) is 8.60. The van der Waals surface area contributed by atoms with Crippen LogP contribution in [-0.2, 0) is 0 Å². The summed E-state index contributed by atoms with van der Waals surface area (Å²) in [6, 6.07) is 0.768. The Bertz CT molecular complexity index is 425. The van der Waals surface area contributed by atoms with E-state index in [0.29, 0.717) is 0 Å². The molecule has 0 saturated heterocycles. The van der Waals surface area contributed by atoms with E-state index >= 15 is 0 Å². The smallest absolute Gasteiger partial charge is 0.336 e. The molecule has 0 aliphatic carbocycles. The first-order chi connectivity index (χ1) is 6.43. The van der Waals surface area contributed by atoms with Crippen molar-refractivity contribution in [2.24, 2.45) is 0 Å². The Morgan fingerprint density at radius 2 is 2.14 bits per heavy atom. The zero-order valence-corrected chi connectivity index (χ0v) is 7.17. The van der Waals surface area contributed by atoms with Crippen molar-refractivity contribution in [2.75, 3.05) is 0 Å². The van der Waals surface area contributed by atoms with Crippen molar-refractivity contribution >= 4 is 5.97 Å². The maximum absolute atomic E-state index is 12.2. The van der Waals surface area contributed by atoms with Crippen LogP contribution in [0.4, 0.5) is 8.78 Å². The highest BCUT2D eigenvalue weighted by Crippen LogP contribution is 2.16. The van der Waals surface area contributed by atoms with Crippen LogP contribution in [0.1, 0.15) is 28.0 Å². The molecule has 0 unspecified atom stereocenters. The summed E-state index contributed by atoms with van der Waals surface area (Å²) in [5.41, 5.74) is -1.97. The Kier molecular flexibility index (Phi) is 2.64. The Hall–Kier alpha value is -1.72. The minimum absolute atomic E-state index is 0.0816. The molecule has 2 N–H and O–H groups in total. The van der Waals surface area contributed by atoms with Crippen LogP contribution in [0.2, 0.25) is 0 Å². The first-order valence-corrected chi connectivity index (χ1v) is 3.68. The quantitative estimate of drug-likeness (QED) is 0.761. The number of rotatable bonds is 2. The molecule has 0 radical (unpaired) electrons. The highest BCUT2D eigenvalue weighted by molar-refractivity contribution is 5.89. The van der Waals surface area contributed by atoms with E-state index in [2.05, 4.69) is 0 Å². The molecule has 0 fully saturated rings. The van der Waals surface area contributed by atoms with E-state index < -0.39 is 29.2 Å². The van der Waals surface area contributed by atoms with Crippen molar-refractivity contribution in [3.05, 3.63) is 33.2 Å². The van der Waals surface area contributed by atoms with Gasteiger partial charge < -0.3 is 10.1 Å². The molecule has 1 aromatic rings. The molecule has 0 spiro atoms. The predicted molar refractivity (Wildman–Crippen MR) is 43.7 cm³/mol. The summed E-state index contributed by atoms with van der Waals surface area (Å²) in [5.74, 6) is -1.39. The Morgan fingerprint density at radius 1 is 1.57 bits per heavy atom. The van der Waals surface area contributed by atoms with Crippen LogP contribution >= 0.6 is 0 Å². The molecule has 14 heavy (non-hydrogen) atoms. The van der Waals surface area contributed by atoms with E-state index in [4.69, 9.17) is 5.11 Å². The van der Waals surface area contributed by atoms with Gasteiger partial charge in [-0.3, -0.25) is 4.79 Å². The highest BCUT2D eigenvalue weighted by atomic mass is 19.3. The molecule has 0 atom stereocenters. The van der Waals surface area contributed by atoms with Crippen molar-refractivity contribution in [3.8, 4) is 0 Å². The highest BCUT2D eigenvalue weighted by Gasteiger charge is 2.16. The third kappa shape index (κ3) is 1.78. The molecular weight excluding hydrogens is 196 g/mol. The second kappa shape index (κ2) is 3.57. The van der Waals surface area contributed by atoms with Gasteiger partial charge in [-0.15, -0.1) is 0 Å². The van der Waals surface area contributed by atoms with Crippen LogP contribution in [-0.4, -0.2) is 16.1 Å². The molecule has 1 heterocycles. The van der Waals surface area contributed by atoms with Crippen LogP contribution in [0.5, 0.6) is 0 Å². The van der Waals surface area contributed by atoms with Gasteiger partial charge in [0.05, 0.1) is 11.3 Å². The fourth-order valence-electron chi connectivity index (χ4n) is 0.987. The molecule has 6 heteroatoms. The van der Waals surface area contributed by atoms with E-state index in [9.17, 15) is 18.4 Å². The van der Waals surface area contributed by atoms with Gasteiger partial charge in [0.15, 0.2) is 0 Å². The Balaban J connectivity index is 3.43. The monoisotopic (exact) mass is 203 g/mol.